The highest BCUT2D eigenvalue weighted by molar-refractivity contribution is 7.84. The summed E-state index contributed by atoms with van der Waals surface area (Å²) in [5.74, 6) is 1.32. The molecular formula is C30H36N4O6S2. The molecule has 12 heteroatoms. The SMILES string of the molecule is COc1ccc(C=CC2=NNC(=O)CC2C)c(S(C)=O)c1.COc1ccc(C=CC2=NNC(=O)CC2C)cc1S(C)=O. The van der Waals surface area contributed by atoms with Gasteiger partial charge in [0.25, 0.3) is 0 Å². The van der Waals surface area contributed by atoms with Crippen LogP contribution in [0.2, 0.25) is 0 Å². The van der Waals surface area contributed by atoms with E-state index in [4.69, 9.17) is 9.47 Å². The number of carbonyl (C=O) groups excluding carboxylic acids is 2. The van der Waals surface area contributed by atoms with E-state index in [2.05, 4.69) is 21.1 Å². The zero-order chi connectivity index (χ0) is 30.8. The molecule has 0 fully saturated rings. The van der Waals surface area contributed by atoms with Gasteiger partial charge < -0.3 is 9.47 Å². The number of ether oxygens (including phenoxy) is 2. The summed E-state index contributed by atoms with van der Waals surface area (Å²) in [6.07, 6.45) is 11.6. The molecule has 0 aromatic heterocycles. The number of nitrogens with zero attached hydrogens (tertiary/aromatic N) is 2. The molecule has 2 aromatic rings. The fourth-order valence-corrected chi connectivity index (χ4v) is 5.63. The van der Waals surface area contributed by atoms with Crippen molar-refractivity contribution < 1.29 is 27.5 Å². The second kappa shape index (κ2) is 15.4. The Bertz CT molecular complexity index is 1500. The zero-order valence-electron chi connectivity index (χ0n) is 24.5. The van der Waals surface area contributed by atoms with Gasteiger partial charge in [0.15, 0.2) is 0 Å². The lowest BCUT2D eigenvalue weighted by Crippen LogP contribution is -2.30. The Morgan fingerprint density at radius 1 is 0.762 bits per heavy atom. The maximum absolute atomic E-state index is 11.8. The van der Waals surface area contributed by atoms with E-state index in [0.717, 1.165) is 22.6 Å². The summed E-state index contributed by atoms with van der Waals surface area (Å²) in [6, 6.07) is 11.0. The van der Waals surface area contributed by atoms with Gasteiger partial charge in [-0.15, -0.1) is 0 Å². The summed E-state index contributed by atoms with van der Waals surface area (Å²) in [6.45, 7) is 3.91. The van der Waals surface area contributed by atoms with Gasteiger partial charge in [-0.05, 0) is 47.5 Å². The van der Waals surface area contributed by atoms with E-state index in [9.17, 15) is 18.0 Å². The number of hydrogen-bond donors (Lipinski definition) is 2. The second-order valence-corrected chi connectivity index (χ2v) is 12.4. The number of amides is 2. The Kier molecular flexibility index (Phi) is 11.9. The summed E-state index contributed by atoms with van der Waals surface area (Å²) in [5, 5.41) is 8.09. The molecular weight excluding hydrogens is 576 g/mol. The molecule has 0 bridgehead atoms. The van der Waals surface area contributed by atoms with Gasteiger partial charge in [0.1, 0.15) is 11.5 Å². The van der Waals surface area contributed by atoms with Crippen LogP contribution in [0.1, 0.15) is 37.8 Å². The van der Waals surface area contributed by atoms with Gasteiger partial charge in [0.05, 0.1) is 52.1 Å². The van der Waals surface area contributed by atoms with Crippen LogP contribution in [-0.4, -0.2) is 58.4 Å². The molecule has 2 aliphatic rings. The Hall–Kier alpha value is -3.90. The van der Waals surface area contributed by atoms with Crippen molar-refractivity contribution in [2.45, 2.75) is 36.5 Å². The molecule has 0 saturated carbocycles. The summed E-state index contributed by atoms with van der Waals surface area (Å²) in [7, 11) is 0.905. The first kappa shape index (κ1) is 32.6. The summed E-state index contributed by atoms with van der Waals surface area (Å²) in [4.78, 5) is 23.8. The van der Waals surface area contributed by atoms with Crippen molar-refractivity contribution in [3.63, 3.8) is 0 Å². The normalized spacial score (nSPS) is 20.0. The molecule has 224 valence electrons. The van der Waals surface area contributed by atoms with Crippen LogP contribution in [0.4, 0.5) is 0 Å². The van der Waals surface area contributed by atoms with Gasteiger partial charge in [-0.2, -0.15) is 10.2 Å². The maximum Gasteiger partial charge on any atom is 0.240 e. The summed E-state index contributed by atoms with van der Waals surface area (Å²) < 4.78 is 33.9. The molecule has 2 aromatic carbocycles. The van der Waals surface area contributed by atoms with Gasteiger partial charge >= 0.3 is 0 Å². The van der Waals surface area contributed by atoms with Crippen LogP contribution >= 0.6 is 0 Å². The number of methoxy groups -OCH3 is 2. The topological polar surface area (TPSA) is 136 Å². The molecule has 0 radical (unpaired) electrons. The van der Waals surface area contributed by atoms with Crippen molar-refractivity contribution in [2.75, 3.05) is 26.7 Å². The first-order valence-corrected chi connectivity index (χ1v) is 16.3. The minimum atomic E-state index is -1.12. The number of carbonyl (C=O) groups is 2. The van der Waals surface area contributed by atoms with Crippen LogP contribution < -0.4 is 20.3 Å². The molecule has 2 amide bonds. The molecule has 2 aliphatic heterocycles. The highest BCUT2D eigenvalue weighted by atomic mass is 32.2. The number of nitrogens with one attached hydrogen (secondary N) is 2. The van der Waals surface area contributed by atoms with E-state index in [0.29, 0.717) is 34.1 Å². The lowest BCUT2D eigenvalue weighted by atomic mass is 9.99. The third-order valence-electron chi connectivity index (χ3n) is 6.52. The first-order chi connectivity index (χ1) is 20.0. The van der Waals surface area contributed by atoms with Crippen molar-refractivity contribution in [3.05, 3.63) is 59.7 Å². The molecule has 0 spiro atoms. The quantitative estimate of drug-likeness (QED) is 0.464. The fraction of sp³-hybridized carbons (Fsp3) is 0.333. The molecule has 4 atom stereocenters. The van der Waals surface area contributed by atoms with E-state index >= 15 is 0 Å². The largest absolute Gasteiger partial charge is 0.497 e. The molecule has 42 heavy (non-hydrogen) atoms. The Morgan fingerprint density at radius 2 is 1.33 bits per heavy atom. The van der Waals surface area contributed by atoms with Crippen LogP contribution in [0, 0.1) is 11.8 Å². The van der Waals surface area contributed by atoms with Gasteiger partial charge in [0, 0.05) is 42.1 Å². The van der Waals surface area contributed by atoms with Crippen LogP contribution in [0.25, 0.3) is 12.2 Å². The maximum atomic E-state index is 11.8. The molecule has 10 nitrogen and oxygen atoms in total. The number of allylic oxidation sites excluding steroid dienone is 2. The third-order valence-corrected chi connectivity index (χ3v) is 8.43. The first-order valence-electron chi connectivity index (χ1n) is 13.1. The molecule has 2 N–H and O–H groups in total. The van der Waals surface area contributed by atoms with Gasteiger partial charge in [-0.25, -0.2) is 10.9 Å². The summed E-state index contributed by atoms with van der Waals surface area (Å²) >= 11 is 0. The third kappa shape index (κ3) is 9.05. The lowest BCUT2D eigenvalue weighted by Gasteiger charge is -2.16. The highest BCUT2D eigenvalue weighted by Gasteiger charge is 2.19. The molecule has 0 saturated heterocycles. The van der Waals surface area contributed by atoms with Crippen molar-refractivity contribution in [1.29, 1.82) is 0 Å². The Balaban J connectivity index is 0.000000230. The monoisotopic (exact) mass is 612 g/mol. The van der Waals surface area contributed by atoms with Crippen LogP contribution in [0.15, 0.2) is 68.5 Å². The van der Waals surface area contributed by atoms with Gasteiger partial charge in [-0.1, -0.05) is 38.1 Å². The van der Waals surface area contributed by atoms with E-state index in [1.54, 1.807) is 38.9 Å². The van der Waals surface area contributed by atoms with Gasteiger partial charge in [0.2, 0.25) is 11.8 Å². The summed E-state index contributed by atoms with van der Waals surface area (Å²) in [5.41, 5.74) is 8.34. The molecule has 0 aliphatic carbocycles. The minimum Gasteiger partial charge on any atom is -0.497 e. The Morgan fingerprint density at radius 3 is 1.83 bits per heavy atom. The van der Waals surface area contributed by atoms with E-state index in [1.807, 2.05) is 62.4 Å². The second-order valence-electron chi connectivity index (χ2n) is 9.74. The zero-order valence-corrected chi connectivity index (χ0v) is 26.1. The van der Waals surface area contributed by atoms with Crippen molar-refractivity contribution in [1.82, 2.24) is 10.9 Å². The number of benzene rings is 2. The smallest absolute Gasteiger partial charge is 0.240 e. The average molecular weight is 613 g/mol. The predicted molar refractivity (Wildman–Crippen MR) is 167 cm³/mol. The highest BCUT2D eigenvalue weighted by Crippen LogP contribution is 2.24. The van der Waals surface area contributed by atoms with Crippen molar-refractivity contribution in [2.24, 2.45) is 22.0 Å². The van der Waals surface area contributed by atoms with E-state index in [-0.39, 0.29) is 23.7 Å². The standard InChI is InChI=1S/2C15H18N2O3S/c1-10-8-15(18)17-16-13(10)7-5-11-4-6-12(20-2)9-14(11)21(3)19;1-10-8-15(18)17-16-12(10)6-4-11-5-7-13(20-2)14(9-11)21(3)19/h2*4-7,9-10H,8H2,1-3H3,(H,17,18). The van der Waals surface area contributed by atoms with Crippen LogP contribution in [-0.2, 0) is 31.2 Å². The Labute approximate surface area is 251 Å². The molecule has 2 heterocycles. The van der Waals surface area contributed by atoms with E-state index in [1.165, 1.54) is 0 Å². The average Bonchev–Trinajstić information content (AvgIpc) is 2.96. The van der Waals surface area contributed by atoms with Gasteiger partial charge in [-0.3, -0.25) is 18.0 Å². The van der Waals surface area contributed by atoms with Crippen LogP contribution in [0.5, 0.6) is 11.5 Å². The minimum absolute atomic E-state index is 0.0623. The number of hydrazone groups is 2. The van der Waals surface area contributed by atoms with Crippen molar-refractivity contribution in [3.8, 4) is 11.5 Å². The number of hydrogen-bond acceptors (Lipinski definition) is 8. The number of rotatable bonds is 8. The fourth-order valence-electron chi connectivity index (χ4n) is 4.14. The van der Waals surface area contributed by atoms with Crippen molar-refractivity contribution >= 4 is 57.0 Å². The van der Waals surface area contributed by atoms with E-state index < -0.39 is 21.6 Å². The van der Waals surface area contributed by atoms with Crippen LogP contribution in [0.3, 0.4) is 0 Å². The lowest BCUT2D eigenvalue weighted by molar-refractivity contribution is -0.122. The molecule has 4 rings (SSSR count). The predicted octanol–water partition coefficient (Wildman–Crippen LogP) is 3.92. The molecule has 4 unspecified atom stereocenters.